The number of allylic oxidation sites excluding steroid dienone is 13. The summed E-state index contributed by atoms with van der Waals surface area (Å²) >= 11 is 0. The van der Waals surface area contributed by atoms with Gasteiger partial charge in [0.1, 0.15) is 0 Å². The SMILES string of the molecule is C=CC[C]1[CH][C](CC[C]2[C]3C=CC=C[C]3[C]3C=CC=C[C]32)[C]2C=CC=C[C]12. The van der Waals surface area contributed by atoms with E-state index in [1.807, 2.05) is 6.08 Å². The summed E-state index contributed by atoms with van der Waals surface area (Å²) in [5.74, 6) is 12.7. The minimum atomic E-state index is 0.933. The lowest BCUT2D eigenvalue weighted by Gasteiger charge is -2.25. The monoisotopic (exact) mass is 346 g/mol. The lowest BCUT2D eigenvalue weighted by atomic mass is 9.77. The minimum Gasteiger partial charge on any atom is -0.103 e. The van der Waals surface area contributed by atoms with Crippen molar-refractivity contribution in [3.63, 3.8) is 0 Å². The summed E-state index contributed by atoms with van der Waals surface area (Å²) in [4.78, 5) is 0. The van der Waals surface area contributed by atoms with Crippen molar-refractivity contribution >= 4 is 0 Å². The van der Waals surface area contributed by atoms with E-state index in [9.17, 15) is 0 Å². The van der Waals surface area contributed by atoms with Gasteiger partial charge >= 0.3 is 0 Å². The molecule has 0 aromatic rings. The molecular weight excluding hydrogens is 324 g/mol. The van der Waals surface area contributed by atoms with Gasteiger partial charge in [-0.15, -0.1) is 6.58 Å². The molecule has 0 saturated heterocycles. The van der Waals surface area contributed by atoms with E-state index in [0.29, 0.717) is 0 Å². The molecule has 0 N–H and O–H groups in total. The lowest BCUT2D eigenvalue weighted by Crippen LogP contribution is -2.14. The molecule has 10 radical (unpaired) electrons. The first-order chi connectivity index (χ1) is 13.4. The maximum Gasteiger partial charge on any atom is 0.0209 e. The maximum atomic E-state index is 3.93. The molecule has 0 aromatic heterocycles. The summed E-state index contributed by atoms with van der Waals surface area (Å²) in [7, 11) is 0. The van der Waals surface area contributed by atoms with E-state index in [0.717, 1.165) is 19.3 Å². The second-order valence-corrected chi connectivity index (χ2v) is 7.30. The molecule has 130 valence electrons. The lowest BCUT2D eigenvalue weighted by molar-refractivity contribution is 0.774. The van der Waals surface area contributed by atoms with Gasteiger partial charge < -0.3 is 0 Å². The standard InChI is InChI=1S/C27H22/c1-2-9-19-18-20(22-11-4-3-10-21(19)22)16-17-27-25-14-7-5-12-23(25)24-13-6-8-15-26(24)27/h2-8,10-15,18H,1,9,16-17H2. The molecule has 5 rings (SSSR count). The molecule has 0 spiro atoms. The van der Waals surface area contributed by atoms with Crippen LogP contribution in [0.3, 0.4) is 0 Å². The van der Waals surface area contributed by atoms with E-state index in [1.165, 1.54) is 53.3 Å². The Morgan fingerprint density at radius 1 is 0.556 bits per heavy atom. The van der Waals surface area contributed by atoms with Crippen LogP contribution < -0.4 is 0 Å². The number of fused-ring (bicyclic) bond motifs is 4. The van der Waals surface area contributed by atoms with Gasteiger partial charge in [0.15, 0.2) is 0 Å². The predicted octanol–water partition coefficient (Wildman–Crippen LogP) is 6.12. The average Bonchev–Trinajstić information content (AvgIpc) is 3.23. The van der Waals surface area contributed by atoms with E-state index in [2.05, 4.69) is 85.9 Å². The van der Waals surface area contributed by atoms with Gasteiger partial charge in [0.2, 0.25) is 0 Å². The first-order valence-electron chi connectivity index (χ1n) is 9.69. The molecule has 0 atom stereocenters. The Kier molecular flexibility index (Phi) is 4.68. The second kappa shape index (κ2) is 7.30. The van der Waals surface area contributed by atoms with E-state index >= 15 is 0 Å². The molecule has 0 nitrogen and oxygen atoms in total. The molecule has 2 saturated carbocycles. The maximum absolute atomic E-state index is 3.93. The summed E-state index contributed by atoms with van der Waals surface area (Å²) in [6.07, 6.45) is 33.9. The van der Waals surface area contributed by atoms with Crippen molar-refractivity contribution in [3.05, 3.63) is 145 Å². The quantitative estimate of drug-likeness (QED) is 0.526. The number of hydrogen-bond acceptors (Lipinski definition) is 0. The van der Waals surface area contributed by atoms with E-state index in [-0.39, 0.29) is 0 Å². The van der Waals surface area contributed by atoms with Crippen LogP contribution in [0, 0.1) is 59.7 Å². The second-order valence-electron chi connectivity index (χ2n) is 7.30. The Hall–Kier alpha value is -1.82. The van der Waals surface area contributed by atoms with Crippen molar-refractivity contribution in [2.75, 3.05) is 0 Å². The van der Waals surface area contributed by atoms with Crippen LogP contribution in [0.25, 0.3) is 0 Å². The van der Waals surface area contributed by atoms with E-state index < -0.39 is 0 Å². The highest BCUT2D eigenvalue weighted by Gasteiger charge is 2.50. The van der Waals surface area contributed by atoms with Gasteiger partial charge in [-0.2, -0.15) is 0 Å². The molecule has 5 aliphatic rings. The van der Waals surface area contributed by atoms with Gasteiger partial charge in [-0.25, -0.2) is 0 Å². The van der Waals surface area contributed by atoms with Gasteiger partial charge in [-0.05, 0) is 43.4 Å². The van der Waals surface area contributed by atoms with Crippen molar-refractivity contribution in [2.45, 2.75) is 19.3 Å². The van der Waals surface area contributed by atoms with Gasteiger partial charge in [-0.1, -0.05) is 79.0 Å². The summed E-state index contributed by atoms with van der Waals surface area (Å²) in [5, 5.41) is 0. The third kappa shape index (κ3) is 2.98. The fourth-order valence-corrected chi connectivity index (χ4v) is 4.58. The van der Waals surface area contributed by atoms with Crippen molar-refractivity contribution < 1.29 is 0 Å². The molecule has 0 aliphatic heterocycles. The predicted molar refractivity (Wildman–Crippen MR) is 112 cm³/mol. The van der Waals surface area contributed by atoms with Gasteiger partial charge in [0, 0.05) is 35.5 Å². The highest BCUT2D eigenvalue weighted by atomic mass is 14.5. The minimum absolute atomic E-state index is 0.933. The zero-order valence-electron chi connectivity index (χ0n) is 15.4. The Morgan fingerprint density at radius 2 is 1.04 bits per heavy atom. The molecule has 27 heavy (non-hydrogen) atoms. The molecule has 2 fully saturated rings. The van der Waals surface area contributed by atoms with Crippen LogP contribution in [0.4, 0.5) is 0 Å². The highest BCUT2D eigenvalue weighted by Crippen LogP contribution is 2.60. The normalized spacial score (nSPS) is 27.7. The smallest absolute Gasteiger partial charge is 0.0209 e. The Morgan fingerprint density at radius 3 is 1.59 bits per heavy atom. The summed E-state index contributed by atoms with van der Waals surface area (Å²) in [6.45, 7) is 3.93. The first-order valence-corrected chi connectivity index (χ1v) is 9.69. The largest absolute Gasteiger partial charge is 0.103 e. The van der Waals surface area contributed by atoms with E-state index in [1.54, 1.807) is 0 Å². The summed E-state index contributed by atoms with van der Waals surface area (Å²) in [6, 6.07) is 0. The van der Waals surface area contributed by atoms with Crippen molar-refractivity contribution in [1.82, 2.24) is 0 Å². The molecular formula is C27H22. The third-order valence-corrected chi connectivity index (χ3v) is 5.77. The van der Waals surface area contributed by atoms with Crippen LogP contribution in [0.5, 0.6) is 0 Å². The molecule has 0 unspecified atom stereocenters. The summed E-state index contributed by atoms with van der Waals surface area (Å²) in [5.41, 5.74) is 0. The molecule has 0 aromatic carbocycles. The highest BCUT2D eigenvalue weighted by molar-refractivity contribution is 5.77. The zero-order chi connectivity index (χ0) is 18.2. The Bertz CT molecular complexity index is 708. The molecule has 0 amide bonds. The van der Waals surface area contributed by atoms with E-state index in [4.69, 9.17) is 0 Å². The van der Waals surface area contributed by atoms with Crippen LogP contribution >= 0.6 is 0 Å². The van der Waals surface area contributed by atoms with Gasteiger partial charge in [0.05, 0.1) is 0 Å². The van der Waals surface area contributed by atoms with Crippen LogP contribution in [0.1, 0.15) is 19.3 Å². The van der Waals surface area contributed by atoms with Crippen molar-refractivity contribution in [3.8, 4) is 0 Å². The van der Waals surface area contributed by atoms with Gasteiger partial charge in [-0.3, -0.25) is 0 Å². The number of rotatable bonds is 5. The Labute approximate surface area is 164 Å². The van der Waals surface area contributed by atoms with Crippen LogP contribution in [0.15, 0.2) is 85.6 Å². The first kappa shape index (κ1) is 17.3. The topological polar surface area (TPSA) is 0 Å². The zero-order valence-corrected chi connectivity index (χ0v) is 15.4. The van der Waals surface area contributed by atoms with Crippen LogP contribution in [-0.4, -0.2) is 0 Å². The number of hydrogen-bond donors (Lipinski definition) is 0. The average molecular weight is 346 g/mol. The fraction of sp³-hybridized carbons (Fsp3) is 0.111. The Balaban J connectivity index is 1.31. The fourth-order valence-electron chi connectivity index (χ4n) is 4.58. The van der Waals surface area contributed by atoms with Gasteiger partial charge in [0.25, 0.3) is 0 Å². The molecule has 5 aliphatic carbocycles. The van der Waals surface area contributed by atoms with Crippen LogP contribution in [0.2, 0.25) is 0 Å². The molecule has 0 heterocycles. The molecule has 0 bridgehead atoms. The van der Waals surface area contributed by atoms with Crippen molar-refractivity contribution in [2.24, 2.45) is 0 Å². The summed E-state index contributed by atoms with van der Waals surface area (Å²) < 4.78 is 0. The van der Waals surface area contributed by atoms with Crippen molar-refractivity contribution in [1.29, 1.82) is 0 Å². The third-order valence-electron chi connectivity index (χ3n) is 5.77. The van der Waals surface area contributed by atoms with Crippen LogP contribution in [-0.2, 0) is 0 Å². The molecule has 0 heteroatoms.